The fourth-order valence-corrected chi connectivity index (χ4v) is 1.24. The standard InChI is InChI=1S/C10H5NO3/c11-5-8-4-6-3-7(12)1-2-9(6)10(13)14-8/h1-4,12H. The summed E-state index contributed by atoms with van der Waals surface area (Å²) in [6, 6.07) is 7.40. The third kappa shape index (κ3) is 1.21. The highest BCUT2D eigenvalue weighted by molar-refractivity contribution is 5.83. The molecule has 0 aliphatic rings. The van der Waals surface area contributed by atoms with E-state index < -0.39 is 5.63 Å². The molecule has 2 rings (SSSR count). The lowest BCUT2D eigenvalue weighted by Gasteiger charge is -1.96. The molecule has 1 aromatic heterocycles. The Kier molecular flexibility index (Phi) is 1.72. The van der Waals surface area contributed by atoms with Gasteiger partial charge in [0, 0.05) is 6.07 Å². The highest BCUT2D eigenvalue weighted by Crippen LogP contribution is 2.17. The van der Waals surface area contributed by atoms with Crippen LogP contribution < -0.4 is 5.63 Å². The van der Waals surface area contributed by atoms with Crippen LogP contribution in [0.4, 0.5) is 0 Å². The smallest absolute Gasteiger partial charge is 0.344 e. The Morgan fingerprint density at radius 3 is 2.86 bits per heavy atom. The lowest BCUT2D eigenvalue weighted by molar-refractivity contribution is 0.475. The zero-order chi connectivity index (χ0) is 10.1. The molecule has 2 aromatic rings. The molecule has 14 heavy (non-hydrogen) atoms. The predicted octanol–water partition coefficient (Wildman–Crippen LogP) is 1.37. The first kappa shape index (κ1) is 8.32. The summed E-state index contributed by atoms with van der Waals surface area (Å²) in [7, 11) is 0. The van der Waals surface area contributed by atoms with Crippen LogP contribution >= 0.6 is 0 Å². The summed E-state index contributed by atoms with van der Waals surface area (Å²) in [5.41, 5.74) is -0.570. The Balaban J connectivity index is 2.92. The van der Waals surface area contributed by atoms with Crippen LogP contribution in [0.3, 0.4) is 0 Å². The van der Waals surface area contributed by atoms with Crippen LogP contribution in [-0.4, -0.2) is 5.11 Å². The minimum absolute atomic E-state index is 0.0481. The van der Waals surface area contributed by atoms with Crippen LogP contribution in [0.5, 0.6) is 5.75 Å². The van der Waals surface area contributed by atoms with Crippen molar-refractivity contribution in [2.45, 2.75) is 0 Å². The fraction of sp³-hybridized carbons (Fsp3) is 0. The summed E-state index contributed by atoms with van der Waals surface area (Å²) in [6.45, 7) is 0. The maximum absolute atomic E-state index is 11.3. The molecule has 0 spiro atoms. The highest BCUT2D eigenvalue weighted by atomic mass is 16.4. The summed E-state index contributed by atoms with van der Waals surface area (Å²) in [5.74, 6) is -0.0138. The Hall–Kier alpha value is -2.28. The average Bonchev–Trinajstić information content (AvgIpc) is 2.16. The monoisotopic (exact) mass is 187 g/mol. The van der Waals surface area contributed by atoms with Gasteiger partial charge in [0.25, 0.3) is 0 Å². The molecule has 1 heterocycles. The van der Waals surface area contributed by atoms with E-state index in [0.29, 0.717) is 10.8 Å². The number of nitrogens with zero attached hydrogens (tertiary/aromatic N) is 1. The number of rotatable bonds is 0. The molecule has 0 saturated carbocycles. The van der Waals surface area contributed by atoms with Gasteiger partial charge in [-0.2, -0.15) is 5.26 Å². The van der Waals surface area contributed by atoms with Gasteiger partial charge in [-0.1, -0.05) is 0 Å². The highest BCUT2D eigenvalue weighted by Gasteiger charge is 2.03. The molecule has 0 atom stereocenters. The second-order valence-corrected chi connectivity index (χ2v) is 2.78. The molecule has 1 aromatic carbocycles. The first-order valence-electron chi connectivity index (χ1n) is 3.87. The van der Waals surface area contributed by atoms with Gasteiger partial charge in [-0.25, -0.2) is 4.79 Å². The van der Waals surface area contributed by atoms with Crippen molar-refractivity contribution in [1.82, 2.24) is 0 Å². The molecule has 0 aliphatic heterocycles. The molecule has 0 aliphatic carbocycles. The molecule has 0 saturated heterocycles. The van der Waals surface area contributed by atoms with Crippen LogP contribution in [0.15, 0.2) is 33.5 Å². The molecular weight excluding hydrogens is 182 g/mol. The van der Waals surface area contributed by atoms with E-state index in [2.05, 4.69) is 4.42 Å². The first-order chi connectivity index (χ1) is 6.70. The van der Waals surface area contributed by atoms with Gasteiger partial charge in [-0.3, -0.25) is 0 Å². The summed E-state index contributed by atoms with van der Waals surface area (Å²) < 4.78 is 4.68. The van der Waals surface area contributed by atoms with Crippen molar-refractivity contribution in [3.05, 3.63) is 40.4 Å². The zero-order valence-corrected chi connectivity index (χ0v) is 7.02. The normalized spacial score (nSPS) is 9.93. The van der Waals surface area contributed by atoms with Crippen LogP contribution in [0, 0.1) is 11.3 Å². The van der Waals surface area contributed by atoms with E-state index in [1.165, 1.54) is 24.3 Å². The topological polar surface area (TPSA) is 74.2 Å². The second-order valence-electron chi connectivity index (χ2n) is 2.78. The summed E-state index contributed by atoms with van der Waals surface area (Å²) >= 11 is 0. The maximum Gasteiger partial charge on any atom is 0.344 e. The van der Waals surface area contributed by atoms with Crippen LogP contribution in [-0.2, 0) is 0 Å². The van der Waals surface area contributed by atoms with Crippen LogP contribution in [0.1, 0.15) is 5.76 Å². The maximum atomic E-state index is 11.3. The molecule has 4 heteroatoms. The molecule has 68 valence electrons. The third-order valence-electron chi connectivity index (χ3n) is 1.85. The number of fused-ring (bicyclic) bond motifs is 1. The quantitative estimate of drug-likeness (QED) is 0.675. The molecule has 0 fully saturated rings. The van der Waals surface area contributed by atoms with E-state index in [4.69, 9.17) is 10.4 Å². The van der Waals surface area contributed by atoms with Gasteiger partial charge in [0.1, 0.15) is 11.8 Å². The molecule has 4 nitrogen and oxygen atoms in total. The van der Waals surface area contributed by atoms with E-state index in [1.54, 1.807) is 6.07 Å². The van der Waals surface area contributed by atoms with Crippen molar-refractivity contribution in [2.24, 2.45) is 0 Å². The minimum atomic E-state index is -0.570. The molecule has 0 bridgehead atoms. The van der Waals surface area contributed by atoms with Gasteiger partial charge in [0.05, 0.1) is 5.39 Å². The van der Waals surface area contributed by atoms with Crippen molar-refractivity contribution >= 4 is 10.8 Å². The average molecular weight is 187 g/mol. The van der Waals surface area contributed by atoms with E-state index >= 15 is 0 Å². The van der Waals surface area contributed by atoms with Gasteiger partial charge < -0.3 is 9.52 Å². The number of phenols is 1. The number of hydrogen-bond acceptors (Lipinski definition) is 4. The predicted molar refractivity (Wildman–Crippen MR) is 48.9 cm³/mol. The van der Waals surface area contributed by atoms with E-state index in [0.717, 1.165) is 0 Å². The van der Waals surface area contributed by atoms with Gasteiger partial charge in [0.2, 0.25) is 5.76 Å². The van der Waals surface area contributed by atoms with Crippen molar-refractivity contribution in [3.63, 3.8) is 0 Å². The Bertz CT molecular complexity index is 592. The SMILES string of the molecule is N#Cc1cc2cc(O)ccc2c(=O)o1. The summed E-state index contributed by atoms with van der Waals surface area (Å²) in [5, 5.41) is 18.6. The molecule has 0 radical (unpaired) electrons. The molecule has 0 amide bonds. The zero-order valence-electron chi connectivity index (χ0n) is 7.02. The second kappa shape index (κ2) is 2.89. The fourth-order valence-electron chi connectivity index (χ4n) is 1.24. The van der Waals surface area contributed by atoms with E-state index in [9.17, 15) is 4.79 Å². The van der Waals surface area contributed by atoms with Crippen molar-refractivity contribution < 1.29 is 9.52 Å². The Labute approximate surface area is 78.6 Å². The summed E-state index contributed by atoms with van der Waals surface area (Å²) in [4.78, 5) is 11.3. The van der Waals surface area contributed by atoms with E-state index in [-0.39, 0.29) is 11.5 Å². The van der Waals surface area contributed by atoms with Crippen molar-refractivity contribution in [2.75, 3.05) is 0 Å². The largest absolute Gasteiger partial charge is 0.508 e. The van der Waals surface area contributed by atoms with Gasteiger partial charge >= 0.3 is 5.63 Å². The lowest BCUT2D eigenvalue weighted by Crippen LogP contribution is -1.99. The molecule has 1 N–H and O–H groups in total. The van der Waals surface area contributed by atoms with Crippen LogP contribution in [0.25, 0.3) is 10.8 Å². The minimum Gasteiger partial charge on any atom is -0.508 e. The first-order valence-corrected chi connectivity index (χ1v) is 3.87. The van der Waals surface area contributed by atoms with Gasteiger partial charge in [-0.15, -0.1) is 0 Å². The summed E-state index contributed by atoms with van der Waals surface area (Å²) in [6.07, 6.45) is 0. The number of phenolic OH excluding ortho intramolecular Hbond substituents is 1. The molecular formula is C10H5NO3. The number of nitriles is 1. The van der Waals surface area contributed by atoms with Gasteiger partial charge in [0.15, 0.2) is 0 Å². The number of aromatic hydroxyl groups is 1. The van der Waals surface area contributed by atoms with Crippen molar-refractivity contribution in [3.8, 4) is 11.8 Å². The molecule has 0 unspecified atom stereocenters. The van der Waals surface area contributed by atoms with Crippen LogP contribution in [0.2, 0.25) is 0 Å². The van der Waals surface area contributed by atoms with Gasteiger partial charge in [-0.05, 0) is 23.6 Å². The van der Waals surface area contributed by atoms with Crippen molar-refractivity contribution in [1.29, 1.82) is 5.26 Å². The Morgan fingerprint density at radius 1 is 1.36 bits per heavy atom. The number of hydrogen-bond donors (Lipinski definition) is 1. The van der Waals surface area contributed by atoms with E-state index in [1.807, 2.05) is 0 Å². The Morgan fingerprint density at radius 2 is 2.14 bits per heavy atom. The lowest BCUT2D eigenvalue weighted by atomic mass is 10.1. The third-order valence-corrected chi connectivity index (χ3v) is 1.85. The number of benzene rings is 1.